The van der Waals surface area contributed by atoms with Crippen molar-refractivity contribution in [1.29, 1.82) is 0 Å². The lowest BCUT2D eigenvalue weighted by Gasteiger charge is -2.00. The minimum atomic E-state index is -0.703. The summed E-state index contributed by atoms with van der Waals surface area (Å²) in [5.74, 6) is -0.703. The molecule has 1 heterocycles. The molecular weight excluding hydrogens is 254 g/mol. The van der Waals surface area contributed by atoms with Crippen LogP contribution < -0.4 is 0 Å². The highest BCUT2D eigenvalue weighted by Gasteiger charge is 2.20. The molecule has 1 N–H and O–H groups in total. The van der Waals surface area contributed by atoms with Crippen molar-refractivity contribution in [2.75, 3.05) is 0 Å². The second-order valence-electron chi connectivity index (χ2n) is 4.82. The predicted molar refractivity (Wildman–Crippen MR) is 76.6 cm³/mol. The second kappa shape index (κ2) is 7.43. The van der Waals surface area contributed by atoms with E-state index in [0.717, 1.165) is 43.7 Å². The average molecular weight is 272 g/mol. The average Bonchev–Trinajstić information content (AvgIpc) is 2.97. The van der Waals surface area contributed by atoms with Crippen LogP contribution in [0.2, 0.25) is 0 Å². The topological polar surface area (TPSA) is 74.4 Å². The van der Waals surface area contributed by atoms with Crippen molar-refractivity contribution in [1.82, 2.24) is 0 Å². The summed E-state index contributed by atoms with van der Waals surface area (Å²) < 4.78 is 0. The molecule has 1 aliphatic heterocycles. The summed E-state index contributed by atoms with van der Waals surface area (Å²) in [6.07, 6.45) is 6.89. The highest BCUT2D eigenvalue weighted by atomic mass is 16.4. The van der Waals surface area contributed by atoms with Gasteiger partial charge in [0.05, 0.1) is 0 Å². The Labute approximate surface area is 118 Å². The molecule has 2 rings (SSSR count). The molecule has 0 fully saturated rings. The van der Waals surface area contributed by atoms with Crippen molar-refractivity contribution in [2.45, 2.75) is 38.5 Å². The minimum absolute atomic E-state index is 0.281. The number of hydrogen-bond acceptors (Lipinski definition) is 4. The van der Waals surface area contributed by atoms with Crippen molar-refractivity contribution >= 4 is 12.2 Å². The third-order valence-corrected chi connectivity index (χ3v) is 3.24. The van der Waals surface area contributed by atoms with Gasteiger partial charge in [0.15, 0.2) is 5.56 Å². The molecule has 0 saturated carbocycles. The first-order valence-electron chi connectivity index (χ1n) is 6.88. The Morgan fingerprint density at radius 1 is 1.10 bits per heavy atom. The maximum atomic E-state index is 10.4. The molecule has 1 aromatic carbocycles. The summed E-state index contributed by atoms with van der Waals surface area (Å²) in [6.45, 7) is 0. The lowest BCUT2D eigenvalue weighted by Crippen LogP contribution is -1.95. The molecule has 0 saturated heterocycles. The number of hydrogen-bond donors (Lipinski definition) is 1. The third kappa shape index (κ3) is 4.50. The van der Waals surface area contributed by atoms with Gasteiger partial charge < -0.3 is 5.11 Å². The van der Waals surface area contributed by atoms with Gasteiger partial charge in [-0.25, -0.2) is 0 Å². The molecule has 5 nitrogen and oxygen atoms in total. The molecular formula is C15H18N3O2+. The lowest BCUT2D eigenvalue weighted by atomic mass is 10.0. The highest BCUT2D eigenvalue weighted by Crippen LogP contribution is 2.19. The molecule has 0 amide bonds. The van der Waals surface area contributed by atoms with Crippen LogP contribution in [0.1, 0.15) is 43.2 Å². The number of carbonyl (C=O) groups is 1. The summed E-state index contributed by atoms with van der Waals surface area (Å²) in [6, 6.07) is 9.06. The Balaban J connectivity index is 1.67. The summed E-state index contributed by atoms with van der Waals surface area (Å²) >= 11 is 0. The molecule has 0 unspecified atom stereocenters. The molecule has 5 heteroatoms. The highest BCUT2D eigenvalue weighted by molar-refractivity contribution is 5.80. The molecule has 0 aromatic heterocycles. The van der Waals surface area contributed by atoms with Crippen LogP contribution in [0.3, 0.4) is 0 Å². The number of aliphatic carboxylic acids is 1. The van der Waals surface area contributed by atoms with Crippen molar-refractivity contribution < 1.29 is 9.90 Å². The van der Waals surface area contributed by atoms with Crippen LogP contribution in [0.4, 0.5) is 0 Å². The van der Waals surface area contributed by atoms with Crippen molar-refractivity contribution in [3.8, 4) is 0 Å². The number of carboxylic acid groups (broad SMARTS) is 1. The van der Waals surface area contributed by atoms with Crippen LogP contribution in [-0.2, 0) is 11.2 Å². The molecule has 0 atom stereocenters. The lowest BCUT2D eigenvalue weighted by molar-refractivity contribution is -0.137. The van der Waals surface area contributed by atoms with Crippen molar-refractivity contribution in [3.05, 3.63) is 41.4 Å². The van der Waals surface area contributed by atoms with Crippen LogP contribution in [0, 0.1) is 6.04 Å². The van der Waals surface area contributed by atoms with Crippen LogP contribution in [0.5, 0.6) is 0 Å². The second-order valence-corrected chi connectivity index (χ2v) is 4.82. The Hall–Kier alpha value is -2.17. The Kier molecular flexibility index (Phi) is 5.29. The van der Waals surface area contributed by atoms with Gasteiger partial charge in [0, 0.05) is 18.6 Å². The minimum Gasteiger partial charge on any atom is -0.481 e. The first kappa shape index (κ1) is 14.2. The van der Waals surface area contributed by atoms with E-state index in [0.29, 0.717) is 0 Å². The van der Waals surface area contributed by atoms with Gasteiger partial charge in [-0.05, 0) is 42.2 Å². The number of unbranched alkanes of at least 4 members (excludes halogenated alkanes) is 3. The number of carboxylic acids is 1. The molecule has 20 heavy (non-hydrogen) atoms. The maximum Gasteiger partial charge on any atom is 0.303 e. The van der Waals surface area contributed by atoms with Gasteiger partial charge in [0.1, 0.15) is 6.21 Å². The number of benzene rings is 1. The zero-order valence-electron chi connectivity index (χ0n) is 11.3. The summed E-state index contributed by atoms with van der Waals surface area (Å²) in [7, 11) is 0. The smallest absolute Gasteiger partial charge is 0.303 e. The summed E-state index contributed by atoms with van der Waals surface area (Å²) in [5, 5.41) is 19.7. The number of aryl methyl sites for hydroxylation is 1. The summed E-state index contributed by atoms with van der Waals surface area (Å²) in [5.41, 5.74) is 2.32. The van der Waals surface area contributed by atoms with Gasteiger partial charge in [-0.3, -0.25) is 4.79 Å². The van der Waals surface area contributed by atoms with Crippen LogP contribution in [0.25, 0.3) is 0 Å². The van der Waals surface area contributed by atoms with Gasteiger partial charge in [0.25, 0.3) is 0 Å². The van der Waals surface area contributed by atoms with E-state index in [9.17, 15) is 4.79 Å². The molecule has 0 bridgehead atoms. The van der Waals surface area contributed by atoms with Gasteiger partial charge in [-0.2, -0.15) is 0 Å². The van der Waals surface area contributed by atoms with Crippen LogP contribution in [0.15, 0.2) is 39.7 Å². The third-order valence-electron chi connectivity index (χ3n) is 3.24. The molecule has 0 aliphatic carbocycles. The van der Waals surface area contributed by atoms with E-state index < -0.39 is 5.97 Å². The SMILES string of the molecule is O=C(O)CCCCCCc1ccc([C+]2C=NN=N2)cc1. The Bertz CT molecular complexity index is 482. The molecule has 1 aromatic rings. The normalized spacial score (nSPS) is 13.1. The first-order valence-corrected chi connectivity index (χ1v) is 6.88. The fraction of sp³-hybridized carbons (Fsp3) is 0.400. The standard InChI is InChI=1S/C15H17N3O2/c19-15(20)6-4-2-1-3-5-12-7-9-13(10-8-12)14-11-16-18-17-14/h7-11H,1-6H2/p+1. The largest absolute Gasteiger partial charge is 0.481 e. The Morgan fingerprint density at radius 2 is 1.85 bits per heavy atom. The first-order chi connectivity index (χ1) is 9.75. The number of nitrogens with zero attached hydrogens (tertiary/aromatic N) is 3. The molecule has 0 spiro atoms. The predicted octanol–water partition coefficient (Wildman–Crippen LogP) is 3.60. The Morgan fingerprint density at radius 3 is 2.50 bits per heavy atom. The fourth-order valence-corrected chi connectivity index (χ4v) is 2.11. The van der Waals surface area contributed by atoms with E-state index in [2.05, 4.69) is 27.6 Å². The molecule has 0 radical (unpaired) electrons. The molecule has 104 valence electrons. The van der Waals surface area contributed by atoms with Gasteiger partial charge in [-0.15, -0.1) is 5.10 Å². The van der Waals surface area contributed by atoms with E-state index in [1.54, 1.807) is 6.21 Å². The van der Waals surface area contributed by atoms with E-state index in [-0.39, 0.29) is 6.42 Å². The summed E-state index contributed by atoms with van der Waals surface area (Å²) in [4.78, 5) is 10.4. The van der Waals surface area contributed by atoms with Crippen molar-refractivity contribution in [2.24, 2.45) is 15.4 Å². The van der Waals surface area contributed by atoms with E-state index in [1.165, 1.54) is 5.56 Å². The van der Waals surface area contributed by atoms with E-state index in [4.69, 9.17) is 5.11 Å². The van der Waals surface area contributed by atoms with Gasteiger partial charge in [0.2, 0.25) is 6.04 Å². The van der Waals surface area contributed by atoms with Crippen LogP contribution in [-0.4, -0.2) is 17.3 Å². The zero-order chi connectivity index (χ0) is 14.2. The van der Waals surface area contributed by atoms with E-state index in [1.807, 2.05) is 12.1 Å². The fourth-order valence-electron chi connectivity index (χ4n) is 2.11. The quantitative estimate of drug-likeness (QED) is 0.580. The molecule has 1 aliphatic rings. The maximum absolute atomic E-state index is 10.4. The van der Waals surface area contributed by atoms with E-state index >= 15 is 0 Å². The van der Waals surface area contributed by atoms with Crippen LogP contribution >= 0.6 is 0 Å². The zero-order valence-corrected chi connectivity index (χ0v) is 11.3. The van der Waals surface area contributed by atoms with Crippen molar-refractivity contribution in [3.63, 3.8) is 0 Å². The monoisotopic (exact) mass is 272 g/mol. The van der Waals surface area contributed by atoms with Gasteiger partial charge >= 0.3 is 5.97 Å². The number of rotatable bonds is 8. The van der Waals surface area contributed by atoms with Gasteiger partial charge in [-0.1, -0.05) is 18.0 Å².